The predicted octanol–water partition coefficient (Wildman–Crippen LogP) is 23.5. The van der Waals surface area contributed by atoms with E-state index in [-0.39, 0.29) is 31.1 Å². The largest absolute Gasteiger partial charge is 0.462 e. The molecule has 464 valence electrons. The standard InChI is InChI=1S/C76H124O6/c1-4-7-10-13-16-19-22-25-28-30-32-33-34-35-36-37-38-39-40-41-42-43-45-46-48-51-54-57-60-63-66-69-75(78)81-72-73(71-80-74(77)68-65-62-59-56-53-50-27-24-21-18-15-12-9-6-3)82-76(79)70-67-64-61-58-55-52-49-47-44-31-29-26-23-20-17-14-11-8-5-2/h7,10,16-17,19-20,25-26,28-29,32-33,35-36,38-39,41-42,44-47,51,54,73H,4-6,8-9,11-15,18,21-24,27,30-31,34,37,40,43,48-50,52-53,55-72H2,1-3H3/b10-7-,19-16-,20-17-,28-25-,29-26-,33-32-,36-35-,39-38-,42-41-,46-45-,47-44-,54-51-. The molecule has 0 aromatic rings. The van der Waals surface area contributed by atoms with Crippen molar-refractivity contribution in [2.45, 2.75) is 303 Å². The van der Waals surface area contributed by atoms with Crippen LogP contribution >= 0.6 is 0 Å². The second kappa shape index (κ2) is 68.8. The Balaban J connectivity index is 4.43. The monoisotopic (exact) mass is 1130 g/mol. The van der Waals surface area contributed by atoms with E-state index < -0.39 is 6.10 Å². The summed E-state index contributed by atoms with van der Waals surface area (Å²) in [6.45, 7) is 6.47. The molecule has 82 heavy (non-hydrogen) atoms. The van der Waals surface area contributed by atoms with Crippen molar-refractivity contribution in [1.82, 2.24) is 0 Å². The van der Waals surface area contributed by atoms with Crippen molar-refractivity contribution < 1.29 is 28.6 Å². The summed E-state index contributed by atoms with van der Waals surface area (Å²) in [5, 5.41) is 0. The van der Waals surface area contributed by atoms with Crippen LogP contribution < -0.4 is 0 Å². The van der Waals surface area contributed by atoms with Crippen LogP contribution in [0, 0.1) is 0 Å². The Labute approximate surface area is 506 Å². The fraction of sp³-hybridized carbons (Fsp3) is 0.645. The van der Waals surface area contributed by atoms with E-state index in [1.165, 1.54) is 109 Å². The maximum atomic E-state index is 12.9. The molecule has 0 amide bonds. The molecule has 0 aromatic heterocycles. The lowest BCUT2D eigenvalue weighted by Crippen LogP contribution is -2.30. The van der Waals surface area contributed by atoms with Gasteiger partial charge in [0.25, 0.3) is 0 Å². The van der Waals surface area contributed by atoms with Crippen molar-refractivity contribution in [3.05, 3.63) is 146 Å². The van der Waals surface area contributed by atoms with Crippen LogP contribution in [0.15, 0.2) is 146 Å². The molecule has 0 saturated heterocycles. The molecule has 0 saturated carbocycles. The molecular formula is C76H124O6. The Morgan fingerprint density at radius 3 is 0.780 bits per heavy atom. The molecule has 0 radical (unpaired) electrons. The van der Waals surface area contributed by atoms with E-state index in [4.69, 9.17) is 14.2 Å². The molecule has 6 heteroatoms. The maximum Gasteiger partial charge on any atom is 0.306 e. The van der Waals surface area contributed by atoms with E-state index in [1.807, 2.05) is 0 Å². The third-order valence-corrected chi connectivity index (χ3v) is 14.1. The van der Waals surface area contributed by atoms with Crippen molar-refractivity contribution in [2.75, 3.05) is 13.2 Å². The van der Waals surface area contributed by atoms with E-state index >= 15 is 0 Å². The third-order valence-electron chi connectivity index (χ3n) is 14.1. The summed E-state index contributed by atoms with van der Waals surface area (Å²) in [5.41, 5.74) is 0. The van der Waals surface area contributed by atoms with Crippen LogP contribution in [-0.2, 0) is 28.6 Å². The lowest BCUT2D eigenvalue weighted by Gasteiger charge is -2.18. The molecule has 0 aliphatic heterocycles. The molecule has 0 fully saturated rings. The highest BCUT2D eigenvalue weighted by Crippen LogP contribution is 2.15. The number of unbranched alkanes of at least 4 members (excludes halogenated alkanes) is 25. The van der Waals surface area contributed by atoms with Gasteiger partial charge in [0.2, 0.25) is 0 Å². The second-order valence-electron chi connectivity index (χ2n) is 22.0. The highest BCUT2D eigenvalue weighted by Gasteiger charge is 2.19. The zero-order valence-corrected chi connectivity index (χ0v) is 53.2. The maximum absolute atomic E-state index is 12.9. The number of rotatable bonds is 60. The van der Waals surface area contributed by atoms with Crippen LogP contribution in [0.5, 0.6) is 0 Å². The van der Waals surface area contributed by atoms with Gasteiger partial charge in [0.05, 0.1) is 0 Å². The molecule has 1 atom stereocenters. The van der Waals surface area contributed by atoms with Crippen molar-refractivity contribution in [2.24, 2.45) is 0 Å². The number of carbonyl (C=O) groups is 3. The van der Waals surface area contributed by atoms with E-state index in [0.717, 1.165) is 148 Å². The SMILES string of the molecule is CC/C=C\C/C=C\C/C=C\C/C=C\C/C=C\C/C=C\C/C=C\C/C=C\C/C=C\CCCCCC(=O)OCC(COC(=O)CCCCCCCCCCCCCCCC)OC(=O)CCCCCCCC/C=C\C/C=C\C/C=C\CCCCC. The Hall–Kier alpha value is -4.71. The topological polar surface area (TPSA) is 78.9 Å². The fourth-order valence-corrected chi connectivity index (χ4v) is 9.03. The first-order chi connectivity index (χ1) is 40.5. The number of carbonyl (C=O) groups excluding carboxylic acids is 3. The molecule has 6 nitrogen and oxygen atoms in total. The smallest absolute Gasteiger partial charge is 0.306 e. The lowest BCUT2D eigenvalue weighted by atomic mass is 10.0. The van der Waals surface area contributed by atoms with Gasteiger partial charge in [0, 0.05) is 19.3 Å². The number of hydrogen-bond donors (Lipinski definition) is 0. The van der Waals surface area contributed by atoms with Crippen molar-refractivity contribution in [3.63, 3.8) is 0 Å². The molecule has 0 aliphatic carbocycles. The molecule has 0 heterocycles. The summed E-state index contributed by atoms with van der Waals surface area (Å²) in [5.74, 6) is -0.939. The molecule has 0 aliphatic rings. The van der Waals surface area contributed by atoms with Crippen LogP contribution in [0.1, 0.15) is 297 Å². The first-order valence-electron chi connectivity index (χ1n) is 33.8. The normalized spacial score (nSPS) is 13.1. The van der Waals surface area contributed by atoms with Gasteiger partial charge in [-0.2, -0.15) is 0 Å². The van der Waals surface area contributed by atoms with Gasteiger partial charge in [-0.15, -0.1) is 0 Å². The zero-order valence-electron chi connectivity index (χ0n) is 53.2. The molecule has 0 aromatic carbocycles. The molecule has 1 unspecified atom stereocenters. The number of allylic oxidation sites excluding steroid dienone is 24. The van der Waals surface area contributed by atoms with Crippen LogP contribution in [0.2, 0.25) is 0 Å². The van der Waals surface area contributed by atoms with Gasteiger partial charge in [-0.3, -0.25) is 14.4 Å². The quantitative estimate of drug-likeness (QED) is 0.0261. The Morgan fingerprint density at radius 2 is 0.476 bits per heavy atom. The van der Waals surface area contributed by atoms with E-state index in [9.17, 15) is 14.4 Å². The predicted molar refractivity (Wildman–Crippen MR) is 357 cm³/mol. The van der Waals surface area contributed by atoms with Gasteiger partial charge in [-0.25, -0.2) is 0 Å². The van der Waals surface area contributed by atoms with Crippen molar-refractivity contribution >= 4 is 17.9 Å². The van der Waals surface area contributed by atoms with Gasteiger partial charge in [0.15, 0.2) is 6.10 Å². The summed E-state index contributed by atoms with van der Waals surface area (Å²) in [7, 11) is 0. The van der Waals surface area contributed by atoms with Crippen molar-refractivity contribution in [3.8, 4) is 0 Å². The number of hydrogen-bond acceptors (Lipinski definition) is 6. The van der Waals surface area contributed by atoms with Gasteiger partial charge in [-0.05, 0) is 128 Å². The minimum absolute atomic E-state index is 0.0962. The van der Waals surface area contributed by atoms with Crippen molar-refractivity contribution in [1.29, 1.82) is 0 Å². The average Bonchev–Trinajstić information content (AvgIpc) is 3.47. The van der Waals surface area contributed by atoms with E-state index in [0.29, 0.717) is 19.3 Å². The summed E-state index contributed by atoms with van der Waals surface area (Å²) in [6.07, 6.45) is 98.5. The minimum Gasteiger partial charge on any atom is -0.462 e. The average molecular weight is 1130 g/mol. The van der Waals surface area contributed by atoms with Crippen LogP contribution in [0.25, 0.3) is 0 Å². The van der Waals surface area contributed by atoms with Gasteiger partial charge in [0.1, 0.15) is 13.2 Å². The Bertz CT molecular complexity index is 1780. The summed E-state index contributed by atoms with van der Waals surface area (Å²) in [6, 6.07) is 0. The molecular weight excluding hydrogens is 1010 g/mol. The van der Waals surface area contributed by atoms with Crippen LogP contribution in [0.3, 0.4) is 0 Å². The molecule has 0 spiro atoms. The molecule has 0 rings (SSSR count). The third kappa shape index (κ3) is 66.1. The van der Waals surface area contributed by atoms with E-state index in [1.54, 1.807) is 0 Å². The summed E-state index contributed by atoms with van der Waals surface area (Å²) < 4.78 is 16.9. The van der Waals surface area contributed by atoms with Gasteiger partial charge >= 0.3 is 17.9 Å². The minimum atomic E-state index is -0.805. The highest BCUT2D eigenvalue weighted by molar-refractivity contribution is 5.71. The summed E-state index contributed by atoms with van der Waals surface area (Å²) in [4.78, 5) is 38.4. The van der Waals surface area contributed by atoms with Crippen LogP contribution in [0.4, 0.5) is 0 Å². The first-order valence-corrected chi connectivity index (χ1v) is 33.8. The lowest BCUT2D eigenvalue weighted by molar-refractivity contribution is -0.167. The zero-order chi connectivity index (χ0) is 59.2. The molecule has 0 N–H and O–H groups in total. The Morgan fingerprint density at radius 1 is 0.256 bits per heavy atom. The van der Waals surface area contributed by atoms with Gasteiger partial charge < -0.3 is 14.2 Å². The first kappa shape index (κ1) is 77.3. The summed E-state index contributed by atoms with van der Waals surface area (Å²) >= 11 is 0. The fourth-order valence-electron chi connectivity index (χ4n) is 9.03. The second-order valence-corrected chi connectivity index (χ2v) is 22.0. The highest BCUT2D eigenvalue weighted by atomic mass is 16.6. The van der Waals surface area contributed by atoms with E-state index in [2.05, 4.69) is 167 Å². The number of esters is 3. The molecule has 0 bridgehead atoms. The van der Waals surface area contributed by atoms with Gasteiger partial charge in [-0.1, -0.05) is 295 Å². The Kier molecular flexibility index (Phi) is 64.8. The van der Waals surface area contributed by atoms with Crippen LogP contribution in [-0.4, -0.2) is 37.2 Å². The number of ether oxygens (including phenoxy) is 3.